The molecule has 0 saturated carbocycles. The number of anilines is 1. The van der Waals surface area contributed by atoms with Gasteiger partial charge in [-0.3, -0.25) is 0 Å². The summed E-state index contributed by atoms with van der Waals surface area (Å²) in [6.45, 7) is 3.92. The fraction of sp³-hybridized carbons (Fsp3) is 0.500. The molecular weight excluding hydrogens is 211 g/mol. The maximum absolute atomic E-state index is 13.2. The molecule has 16 heavy (non-hydrogen) atoms. The summed E-state index contributed by atoms with van der Waals surface area (Å²) in [6, 6.07) is 0.0296. The second-order valence-corrected chi connectivity index (χ2v) is 3.81. The second kappa shape index (κ2) is 5.39. The number of hydrogen-bond donors (Lipinski definition) is 0. The Morgan fingerprint density at radius 2 is 2.19 bits per heavy atom. The van der Waals surface area contributed by atoms with Crippen molar-refractivity contribution in [1.29, 1.82) is 0 Å². The molecule has 0 unspecified atom stereocenters. The summed E-state index contributed by atoms with van der Waals surface area (Å²) < 4.78 is 13.2. The smallest absolute Gasteiger partial charge is 0.347 e. The third-order valence-corrected chi connectivity index (χ3v) is 1.62. The highest BCUT2D eigenvalue weighted by Gasteiger charge is 2.09. The molecule has 6 heteroatoms. The zero-order valence-corrected chi connectivity index (χ0v) is 9.81. The van der Waals surface area contributed by atoms with Gasteiger partial charge in [-0.1, -0.05) is 19.0 Å². The molecule has 1 heterocycles. The molecule has 0 radical (unpaired) electrons. The van der Waals surface area contributed by atoms with Crippen molar-refractivity contribution < 1.29 is 9.23 Å². The van der Waals surface area contributed by atoms with E-state index in [4.69, 9.17) is 4.84 Å². The Morgan fingerprint density at radius 3 is 2.75 bits per heavy atom. The Bertz CT molecular complexity index is 379. The summed E-state index contributed by atoms with van der Waals surface area (Å²) in [5.41, 5.74) is 0. The van der Waals surface area contributed by atoms with Crippen LogP contribution < -0.4 is 9.74 Å². The van der Waals surface area contributed by atoms with Gasteiger partial charge in [0, 0.05) is 20.3 Å². The Kier molecular flexibility index (Phi) is 4.16. The molecule has 0 bridgehead atoms. The van der Waals surface area contributed by atoms with Gasteiger partial charge in [0.05, 0.1) is 6.20 Å². The summed E-state index contributed by atoms with van der Waals surface area (Å²) >= 11 is 0. The zero-order chi connectivity index (χ0) is 12.1. The highest BCUT2D eigenvalue weighted by atomic mass is 19.1. The van der Waals surface area contributed by atoms with Gasteiger partial charge in [-0.25, -0.2) is 4.39 Å². The molecule has 0 amide bonds. The minimum absolute atomic E-state index is 0.0296. The van der Waals surface area contributed by atoms with Gasteiger partial charge in [0.15, 0.2) is 11.6 Å². The highest BCUT2D eigenvalue weighted by molar-refractivity contribution is 5.58. The van der Waals surface area contributed by atoms with E-state index in [1.54, 1.807) is 20.3 Å². The number of halogens is 1. The van der Waals surface area contributed by atoms with Crippen molar-refractivity contribution in [2.45, 2.75) is 13.8 Å². The van der Waals surface area contributed by atoms with E-state index in [2.05, 4.69) is 15.1 Å². The van der Waals surface area contributed by atoms with Crippen LogP contribution in [0.1, 0.15) is 13.8 Å². The summed E-state index contributed by atoms with van der Waals surface area (Å²) in [6.07, 6.45) is 2.67. The first-order valence-electron chi connectivity index (χ1n) is 4.91. The molecule has 5 nitrogen and oxygen atoms in total. The lowest BCUT2D eigenvalue weighted by molar-refractivity contribution is 0.311. The van der Waals surface area contributed by atoms with Gasteiger partial charge in [0.1, 0.15) is 0 Å². The van der Waals surface area contributed by atoms with Crippen molar-refractivity contribution in [2.24, 2.45) is 11.1 Å². The van der Waals surface area contributed by atoms with Crippen LogP contribution in [0.3, 0.4) is 0 Å². The van der Waals surface area contributed by atoms with Crippen molar-refractivity contribution >= 4 is 12.0 Å². The van der Waals surface area contributed by atoms with Crippen LogP contribution in [0.15, 0.2) is 11.4 Å². The maximum Gasteiger partial charge on any atom is 0.347 e. The molecule has 1 aromatic rings. The summed E-state index contributed by atoms with van der Waals surface area (Å²) in [5, 5.41) is 3.68. The summed E-state index contributed by atoms with van der Waals surface area (Å²) in [5.74, 6) is -0.0521. The van der Waals surface area contributed by atoms with E-state index in [1.807, 2.05) is 13.8 Å². The van der Waals surface area contributed by atoms with Gasteiger partial charge in [0.25, 0.3) is 0 Å². The van der Waals surface area contributed by atoms with Crippen LogP contribution in [0, 0.1) is 11.7 Å². The third kappa shape index (κ3) is 3.45. The fourth-order valence-corrected chi connectivity index (χ4v) is 0.899. The topological polar surface area (TPSA) is 50.6 Å². The van der Waals surface area contributed by atoms with Crippen molar-refractivity contribution in [2.75, 3.05) is 19.0 Å². The molecule has 1 aromatic heterocycles. The minimum atomic E-state index is -0.495. The number of nitrogens with zero attached hydrogens (tertiary/aromatic N) is 4. The zero-order valence-electron chi connectivity index (χ0n) is 9.81. The number of oxime groups is 1. The summed E-state index contributed by atoms with van der Waals surface area (Å²) in [7, 11) is 3.37. The number of aromatic nitrogens is 2. The normalized spacial score (nSPS) is 11.1. The third-order valence-electron chi connectivity index (χ3n) is 1.62. The molecule has 0 N–H and O–H groups in total. The molecule has 0 aliphatic rings. The fourth-order valence-electron chi connectivity index (χ4n) is 0.899. The average Bonchev–Trinajstić information content (AvgIpc) is 2.19. The quantitative estimate of drug-likeness (QED) is 0.579. The lowest BCUT2D eigenvalue weighted by Gasteiger charge is -2.11. The van der Waals surface area contributed by atoms with E-state index in [1.165, 1.54) is 4.90 Å². The largest absolute Gasteiger partial charge is 0.360 e. The van der Waals surface area contributed by atoms with Crippen molar-refractivity contribution in [3.63, 3.8) is 0 Å². The van der Waals surface area contributed by atoms with Crippen LogP contribution in [0.2, 0.25) is 0 Å². The SMILES string of the molecule is CC(C)/C=N/Oc1ncc(F)c(N(C)C)n1. The van der Waals surface area contributed by atoms with Crippen LogP contribution in [0.25, 0.3) is 0 Å². The van der Waals surface area contributed by atoms with Gasteiger partial charge in [-0.15, -0.1) is 0 Å². The van der Waals surface area contributed by atoms with Crippen LogP contribution >= 0.6 is 0 Å². The summed E-state index contributed by atoms with van der Waals surface area (Å²) in [4.78, 5) is 14.0. The Labute approximate surface area is 93.9 Å². The van der Waals surface area contributed by atoms with Crippen LogP contribution in [0.4, 0.5) is 10.2 Å². The van der Waals surface area contributed by atoms with Crippen LogP contribution in [-0.4, -0.2) is 30.3 Å². The second-order valence-electron chi connectivity index (χ2n) is 3.81. The van der Waals surface area contributed by atoms with Gasteiger partial charge in [-0.05, 0) is 5.92 Å². The Balaban J connectivity index is 2.79. The molecule has 0 spiro atoms. The van der Waals surface area contributed by atoms with Crippen LogP contribution in [0.5, 0.6) is 6.01 Å². The van der Waals surface area contributed by atoms with Gasteiger partial charge < -0.3 is 9.74 Å². The maximum atomic E-state index is 13.2. The highest BCUT2D eigenvalue weighted by Crippen LogP contribution is 2.15. The minimum Gasteiger partial charge on any atom is -0.360 e. The van der Waals surface area contributed by atoms with E-state index >= 15 is 0 Å². The lowest BCUT2D eigenvalue weighted by Crippen LogP contribution is -2.13. The van der Waals surface area contributed by atoms with E-state index in [-0.39, 0.29) is 17.7 Å². The standard InChI is InChI=1S/C10H15FN4O/c1-7(2)5-13-16-10-12-6-8(11)9(14-10)15(3)4/h5-7H,1-4H3/b13-5+. The predicted octanol–water partition coefficient (Wildman–Crippen LogP) is 1.70. The Hall–Kier alpha value is -1.72. The lowest BCUT2D eigenvalue weighted by atomic mass is 10.3. The first kappa shape index (κ1) is 12.4. The molecule has 88 valence electrons. The number of hydrogen-bond acceptors (Lipinski definition) is 5. The van der Waals surface area contributed by atoms with Crippen LogP contribution in [-0.2, 0) is 0 Å². The van der Waals surface area contributed by atoms with E-state index in [0.717, 1.165) is 6.20 Å². The van der Waals surface area contributed by atoms with Gasteiger partial charge in [0.2, 0.25) is 0 Å². The predicted molar refractivity (Wildman–Crippen MR) is 60.3 cm³/mol. The molecule has 0 saturated heterocycles. The van der Waals surface area contributed by atoms with Gasteiger partial charge >= 0.3 is 6.01 Å². The van der Waals surface area contributed by atoms with Gasteiger partial charge in [-0.2, -0.15) is 9.97 Å². The first-order valence-corrected chi connectivity index (χ1v) is 4.91. The molecule has 0 aromatic carbocycles. The molecular formula is C10H15FN4O. The molecule has 0 aliphatic heterocycles. The van der Waals surface area contributed by atoms with Crippen molar-refractivity contribution in [3.05, 3.63) is 12.0 Å². The van der Waals surface area contributed by atoms with E-state index < -0.39 is 5.82 Å². The molecule has 1 rings (SSSR count). The molecule has 0 fully saturated rings. The van der Waals surface area contributed by atoms with E-state index in [9.17, 15) is 4.39 Å². The van der Waals surface area contributed by atoms with Crippen molar-refractivity contribution in [1.82, 2.24) is 9.97 Å². The average molecular weight is 226 g/mol. The first-order chi connectivity index (χ1) is 7.50. The molecule has 0 aliphatic carbocycles. The number of rotatable bonds is 4. The molecule has 0 atom stereocenters. The van der Waals surface area contributed by atoms with E-state index in [0.29, 0.717) is 0 Å². The monoisotopic (exact) mass is 226 g/mol. The Morgan fingerprint density at radius 1 is 1.50 bits per heavy atom. The van der Waals surface area contributed by atoms with Crippen molar-refractivity contribution in [3.8, 4) is 6.01 Å².